The minimum Gasteiger partial charge on any atom is -0.378 e. The predicted octanol–water partition coefficient (Wildman–Crippen LogP) is 3.18. The van der Waals surface area contributed by atoms with E-state index in [0.29, 0.717) is 30.4 Å². The molecule has 4 atom stereocenters. The Kier molecular flexibility index (Phi) is 7.02. The van der Waals surface area contributed by atoms with Crippen molar-refractivity contribution in [2.45, 2.75) is 31.2 Å². The second-order valence-electron chi connectivity index (χ2n) is 9.39. The molecule has 2 amide bonds. The average Bonchev–Trinajstić information content (AvgIpc) is 3.48. The number of anilines is 3. The zero-order valence-corrected chi connectivity index (χ0v) is 21.0. The summed E-state index contributed by atoms with van der Waals surface area (Å²) in [5.74, 6) is 0.470. The van der Waals surface area contributed by atoms with Crippen LogP contribution in [0.15, 0.2) is 60.8 Å². The molecule has 37 heavy (non-hydrogen) atoms. The van der Waals surface area contributed by atoms with Crippen LogP contribution in [0.25, 0.3) is 11.3 Å². The van der Waals surface area contributed by atoms with Crippen LogP contribution in [0.3, 0.4) is 0 Å². The predicted molar refractivity (Wildman–Crippen MR) is 141 cm³/mol. The van der Waals surface area contributed by atoms with E-state index in [4.69, 9.17) is 9.47 Å². The number of urea groups is 1. The maximum atomic E-state index is 12.5. The first-order chi connectivity index (χ1) is 17.9. The van der Waals surface area contributed by atoms with E-state index in [-0.39, 0.29) is 36.1 Å². The number of benzene rings is 2. The van der Waals surface area contributed by atoms with Gasteiger partial charge in [-0.3, -0.25) is 4.79 Å². The molecule has 3 aromatic rings. The van der Waals surface area contributed by atoms with Crippen molar-refractivity contribution in [2.24, 2.45) is 0 Å². The Balaban J connectivity index is 1.17. The van der Waals surface area contributed by atoms with Crippen LogP contribution in [0, 0.1) is 0 Å². The molecule has 3 heterocycles. The molecule has 2 aliphatic rings. The summed E-state index contributed by atoms with van der Waals surface area (Å²) in [5.41, 5.74) is 4.12. The largest absolute Gasteiger partial charge is 0.378 e. The van der Waals surface area contributed by atoms with Crippen LogP contribution in [0.2, 0.25) is 0 Å². The van der Waals surface area contributed by atoms with E-state index in [2.05, 4.69) is 38.1 Å². The van der Waals surface area contributed by atoms with Crippen molar-refractivity contribution >= 4 is 29.1 Å². The van der Waals surface area contributed by atoms with Crippen molar-refractivity contribution < 1.29 is 19.1 Å². The molecule has 192 valence electrons. The van der Waals surface area contributed by atoms with Gasteiger partial charge in [-0.2, -0.15) is 0 Å². The number of carbonyl (C=O) groups is 2. The van der Waals surface area contributed by atoms with Gasteiger partial charge in [-0.05, 0) is 49.4 Å². The van der Waals surface area contributed by atoms with Gasteiger partial charge in [-0.25, -0.2) is 14.8 Å². The number of ether oxygens (including phenoxy) is 2. The summed E-state index contributed by atoms with van der Waals surface area (Å²) in [4.78, 5) is 35.1. The maximum Gasteiger partial charge on any atom is 0.319 e. The lowest BCUT2D eigenvalue weighted by molar-refractivity contribution is 0.0683. The quantitative estimate of drug-likeness (QED) is 0.422. The van der Waals surface area contributed by atoms with Crippen LogP contribution in [0.5, 0.6) is 0 Å². The first-order valence-electron chi connectivity index (χ1n) is 12.2. The van der Waals surface area contributed by atoms with Gasteiger partial charge in [0.25, 0.3) is 0 Å². The molecular weight excluding hydrogens is 472 g/mol. The molecule has 5 rings (SSSR count). The third kappa shape index (κ3) is 5.55. The zero-order chi connectivity index (χ0) is 25.9. The summed E-state index contributed by atoms with van der Waals surface area (Å²) < 4.78 is 12.0. The lowest BCUT2D eigenvalue weighted by Crippen LogP contribution is -2.46. The molecule has 1 aromatic heterocycles. The number of hydrogen-bond donors (Lipinski definition) is 3. The SMILES string of the molecule is CC(=O)c1ccc(NC(=O)N[C@H]2CO[C@H]3[C@@H]2OC[C@@H]3Nc2nccc(-c3ccc(N(C)C)cc3)n2)cc1. The minimum absolute atomic E-state index is 0.0255. The number of aromatic nitrogens is 2. The smallest absolute Gasteiger partial charge is 0.319 e. The summed E-state index contributed by atoms with van der Waals surface area (Å²) in [6, 6.07) is 16.0. The number of ketones is 1. The molecule has 0 radical (unpaired) electrons. The fourth-order valence-corrected chi connectivity index (χ4v) is 4.56. The van der Waals surface area contributed by atoms with Gasteiger partial charge >= 0.3 is 6.03 Å². The van der Waals surface area contributed by atoms with Crippen LogP contribution >= 0.6 is 0 Å². The second-order valence-corrected chi connectivity index (χ2v) is 9.39. The number of nitrogens with one attached hydrogen (secondary N) is 3. The minimum atomic E-state index is -0.360. The number of rotatable bonds is 7. The lowest BCUT2D eigenvalue weighted by atomic mass is 10.1. The standard InChI is InChI=1S/C27H30N6O4/c1-16(34)17-4-8-19(9-5-17)29-27(35)32-23-15-37-24-22(14-36-25(23)24)31-26-28-13-12-21(30-26)18-6-10-20(11-7-18)33(2)3/h4-13,22-25H,14-15H2,1-3H3,(H,28,30,31)(H2,29,32,35)/t22-,23-,24+,25+/m0/s1. The van der Waals surface area contributed by atoms with Crippen molar-refractivity contribution in [3.8, 4) is 11.3 Å². The monoisotopic (exact) mass is 502 g/mol. The van der Waals surface area contributed by atoms with E-state index in [1.165, 1.54) is 6.92 Å². The highest BCUT2D eigenvalue weighted by Crippen LogP contribution is 2.29. The number of fused-ring (bicyclic) bond motifs is 1. The Bertz CT molecular complexity index is 1260. The van der Waals surface area contributed by atoms with E-state index in [1.807, 2.05) is 37.2 Å². The molecule has 2 aromatic carbocycles. The van der Waals surface area contributed by atoms with E-state index in [0.717, 1.165) is 16.9 Å². The van der Waals surface area contributed by atoms with Gasteiger partial charge in [0, 0.05) is 42.8 Å². The summed E-state index contributed by atoms with van der Waals surface area (Å²) in [5, 5.41) is 9.06. The fraction of sp³-hybridized carbons (Fsp3) is 0.333. The van der Waals surface area contributed by atoms with E-state index < -0.39 is 0 Å². The van der Waals surface area contributed by atoms with E-state index >= 15 is 0 Å². The molecule has 2 saturated heterocycles. The van der Waals surface area contributed by atoms with E-state index in [1.54, 1.807) is 30.5 Å². The average molecular weight is 503 g/mol. The lowest BCUT2D eigenvalue weighted by Gasteiger charge is -2.19. The normalized spacial score (nSPS) is 22.2. The van der Waals surface area contributed by atoms with Crippen molar-refractivity contribution in [2.75, 3.05) is 42.8 Å². The number of hydrogen-bond acceptors (Lipinski definition) is 8. The third-order valence-electron chi connectivity index (χ3n) is 6.57. The molecule has 3 N–H and O–H groups in total. The highest BCUT2D eigenvalue weighted by atomic mass is 16.6. The molecule has 0 aliphatic carbocycles. The third-order valence-corrected chi connectivity index (χ3v) is 6.57. The maximum absolute atomic E-state index is 12.5. The van der Waals surface area contributed by atoms with Crippen LogP contribution in [0.1, 0.15) is 17.3 Å². The summed E-state index contributed by atoms with van der Waals surface area (Å²) >= 11 is 0. The van der Waals surface area contributed by atoms with Crippen LogP contribution in [-0.2, 0) is 9.47 Å². The van der Waals surface area contributed by atoms with Crippen molar-refractivity contribution in [3.63, 3.8) is 0 Å². The van der Waals surface area contributed by atoms with Crippen molar-refractivity contribution in [1.29, 1.82) is 0 Å². The van der Waals surface area contributed by atoms with Gasteiger partial charge in [-0.15, -0.1) is 0 Å². The van der Waals surface area contributed by atoms with Crippen molar-refractivity contribution in [1.82, 2.24) is 15.3 Å². The van der Waals surface area contributed by atoms with Gasteiger partial charge in [0.05, 0.1) is 31.0 Å². The molecule has 2 aliphatic heterocycles. The van der Waals surface area contributed by atoms with Crippen LogP contribution in [-0.4, -0.2) is 73.4 Å². The Morgan fingerprint density at radius 2 is 1.59 bits per heavy atom. The molecule has 10 nitrogen and oxygen atoms in total. The number of amides is 2. The highest BCUT2D eigenvalue weighted by Gasteiger charge is 2.48. The van der Waals surface area contributed by atoms with Crippen molar-refractivity contribution in [3.05, 3.63) is 66.4 Å². The molecule has 2 fully saturated rings. The van der Waals surface area contributed by atoms with Gasteiger partial charge in [0.15, 0.2) is 5.78 Å². The first-order valence-corrected chi connectivity index (χ1v) is 12.2. The Hall–Kier alpha value is -4.02. The Morgan fingerprint density at radius 1 is 0.919 bits per heavy atom. The second kappa shape index (κ2) is 10.5. The van der Waals surface area contributed by atoms with Gasteiger partial charge < -0.3 is 30.3 Å². The zero-order valence-electron chi connectivity index (χ0n) is 21.0. The van der Waals surface area contributed by atoms with E-state index in [9.17, 15) is 9.59 Å². The highest BCUT2D eigenvalue weighted by molar-refractivity contribution is 5.95. The van der Waals surface area contributed by atoms with Gasteiger partial charge in [0.1, 0.15) is 12.2 Å². The summed E-state index contributed by atoms with van der Waals surface area (Å²) in [6.07, 6.45) is 1.20. The van der Waals surface area contributed by atoms with Gasteiger partial charge in [0.2, 0.25) is 5.95 Å². The summed E-state index contributed by atoms with van der Waals surface area (Å²) in [7, 11) is 4.01. The molecule has 10 heteroatoms. The molecule has 0 unspecified atom stereocenters. The molecule has 0 bridgehead atoms. The fourth-order valence-electron chi connectivity index (χ4n) is 4.56. The van der Waals surface area contributed by atoms with Crippen LogP contribution < -0.4 is 20.9 Å². The number of Topliss-reactive ketones (excluding diaryl/α,β-unsaturated/α-hetero) is 1. The number of carbonyl (C=O) groups excluding carboxylic acids is 2. The first kappa shape index (κ1) is 24.7. The molecule has 0 saturated carbocycles. The topological polar surface area (TPSA) is 118 Å². The number of nitrogens with zero attached hydrogens (tertiary/aromatic N) is 3. The van der Waals surface area contributed by atoms with Crippen LogP contribution in [0.4, 0.5) is 22.1 Å². The Labute approximate surface area is 215 Å². The molecular formula is C27H30N6O4. The summed E-state index contributed by atoms with van der Waals surface area (Å²) in [6.45, 7) is 2.25. The Morgan fingerprint density at radius 3 is 2.27 bits per heavy atom. The van der Waals surface area contributed by atoms with Gasteiger partial charge in [-0.1, -0.05) is 12.1 Å². The molecule has 0 spiro atoms.